The SMILES string of the molecule is CC(C)C[C@H](NC(=O)Cc1ccc(Cl)cc1)C(=O)O. The second-order valence-electron chi connectivity index (χ2n) is 4.89. The topological polar surface area (TPSA) is 66.4 Å². The summed E-state index contributed by atoms with van der Waals surface area (Å²) in [4.78, 5) is 22.8. The van der Waals surface area contributed by atoms with Crippen LogP contribution in [0.25, 0.3) is 0 Å². The molecule has 1 atom stereocenters. The van der Waals surface area contributed by atoms with Crippen molar-refractivity contribution >= 4 is 23.5 Å². The predicted molar refractivity (Wildman–Crippen MR) is 74.2 cm³/mol. The molecule has 2 N–H and O–H groups in total. The number of carbonyl (C=O) groups is 2. The number of aliphatic carboxylic acids is 1. The highest BCUT2D eigenvalue weighted by molar-refractivity contribution is 6.30. The van der Waals surface area contributed by atoms with Gasteiger partial charge in [-0.3, -0.25) is 4.79 Å². The molecule has 1 aromatic carbocycles. The maximum atomic E-state index is 11.8. The second kappa shape index (κ2) is 7.14. The Morgan fingerprint density at radius 2 is 1.84 bits per heavy atom. The Kier molecular flexibility index (Phi) is 5.83. The van der Waals surface area contributed by atoms with Crippen LogP contribution in [0, 0.1) is 5.92 Å². The van der Waals surface area contributed by atoms with Gasteiger partial charge in [-0.15, -0.1) is 0 Å². The molecule has 19 heavy (non-hydrogen) atoms. The number of carboxylic acid groups (broad SMARTS) is 1. The minimum atomic E-state index is -1.00. The molecule has 104 valence electrons. The number of hydrogen-bond donors (Lipinski definition) is 2. The zero-order valence-electron chi connectivity index (χ0n) is 11.0. The monoisotopic (exact) mass is 283 g/mol. The van der Waals surface area contributed by atoms with Crippen molar-refractivity contribution in [1.82, 2.24) is 5.32 Å². The van der Waals surface area contributed by atoms with Gasteiger partial charge in [-0.25, -0.2) is 4.79 Å². The highest BCUT2D eigenvalue weighted by Gasteiger charge is 2.20. The predicted octanol–water partition coefficient (Wildman–Crippen LogP) is 2.50. The van der Waals surface area contributed by atoms with Gasteiger partial charge in [0.25, 0.3) is 0 Å². The Labute approximate surface area is 117 Å². The van der Waals surface area contributed by atoms with Crippen LogP contribution in [0.2, 0.25) is 5.02 Å². The van der Waals surface area contributed by atoms with Crippen LogP contribution < -0.4 is 5.32 Å². The first-order chi connectivity index (χ1) is 8.88. The molecule has 0 aliphatic rings. The van der Waals surface area contributed by atoms with E-state index >= 15 is 0 Å². The summed E-state index contributed by atoms with van der Waals surface area (Å²) in [6.45, 7) is 3.84. The Morgan fingerprint density at radius 3 is 2.32 bits per heavy atom. The highest BCUT2D eigenvalue weighted by atomic mass is 35.5. The summed E-state index contributed by atoms with van der Waals surface area (Å²) in [5.41, 5.74) is 0.801. The molecule has 0 bridgehead atoms. The molecular weight excluding hydrogens is 266 g/mol. The molecule has 0 spiro atoms. The minimum Gasteiger partial charge on any atom is -0.480 e. The first-order valence-electron chi connectivity index (χ1n) is 6.15. The Bertz CT molecular complexity index is 443. The molecule has 4 nitrogen and oxygen atoms in total. The van der Waals surface area contributed by atoms with E-state index in [2.05, 4.69) is 5.32 Å². The molecule has 0 aromatic heterocycles. The van der Waals surface area contributed by atoms with E-state index in [4.69, 9.17) is 16.7 Å². The van der Waals surface area contributed by atoms with E-state index < -0.39 is 12.0 Å². The van der Waals surface area contributed by atoms with Gasteiger partial charge in [-0.1, -0.05) is 37.6 Å². The zero-order chi connectivity index (χ0) is 14.4. The third-order valence-corrected chi connectivity index (χ3v) is 2.87. The van der Waals surface area contributed by atoms with Gasteiger partial charge in [0.2, 0.25) is 5.91 Å². The molecule has 0 heterocycles. The number of nitrogens with one attached hydrogen (secondary N) is 1. The molecular formula is C14H18ClNO3. The average molecular weight is 284 g/mol. The third kappa shape index (κ3) is 5.75. The lowest BCUT2D eigenvalue weighted by molar-refractivity contribution is -0.142. The van der Waals surface area contributed by atoms with E-state index in [1.807, 2.05) is 13.8 Å². The number of amides is 1. The largest absolute Gasteiger partial charge is 0.480 e. The standard InChI is InChI=1S/C14H18ClNO3/c1-9(2)7-12(14(18)19)16-13(17)8-10-3-5-11(15)6-4-10/h3-6,9,12H,7-8H2,1-2H3,(H,16,17)(H,18,19)/t12-/m0/s1. The number of benzene rings is 1. The van der Waals surface area contributed by atoms with Crippen LogP contribution in [0.4, 0.5) is 0 Å². The van der Waals surface area contributed by atoms with Gasteiger partial charge in [0.1, 0.15) is 6.04 Å². The fraction of sp³-hybridized carbons (Fsp3) is 0.429. The average Bonchev–Trinajstić information content (AvgIpc) is 2.30. The number of halogens is 1. The minimum absolute atomic E-state index is 0.152. The van der Waals surface area contributed by atoms with E-state index in [1.165, 1.54) is 0 Å². The molecule has 0 radical (unpaired) electrons. The molecule has 5 heteroatoms. The quantitative estimate of drug-likeness (QED) is 0.843. The van der Waals surface area contributed by atoms with E-state index in [1.54, 1.807) is 24.3 Å². The second-order valence-corrected chi connectivity index (χ2v) is 5.33. The Hall–Kier alpha value is -1.55. The van der Waals surface area contributed by atoms with Crippen molar-refractivity contribution in [3.8, 4) is 0 Å². The molecule has 0 aliphatic carbocycles. The Morgan fingerprint density at radius 1 is 1.26 bits per heavy atom. The van der Waals surface area contributed by atoms with Crippen molar-refractivity contribution in [2.45, 2.75) is 32.7 Å². The van der Waals surface area contributed by atoms with Crippen molar-refractivity contribution in [2.75, 3.05) is 0 Å². The van der Waals surface area contributed by atoms with Crippen LogP contribution in [-0.2, 0) is 16.0 Å². The summed E-state index contributed by atoms with van der Waals surface area (Å²) in [5, 5.41) is 12.2. The first-order valence-corrected chi connectivity index (χ1v) is 6.53. The molecule has 0 unspecified atom stereocenters. The van der Waals surface area contributed by atoms with E-state index in [0.29, 0.717) is 11.4 Å². The fourth-order valence-corrected chi connectivity index (χ4v) is 1.85. The van der Waals surface area contributed by atoms with Gasteiger partial charge in [-0.05, 0) is 30.0 Å². The molecule has 1 rings (SSSR count). The summed E-state index contributed by atoms with van der Waals surface area (Å²) < 4.78 is 0. The zero-order valence-corrected chi connectivity index (χ0v) is 11.8. The van der Waals surface area contributed by atoms with Gasteiger partial charge in [-0.2, -0.15) is 0 Å². The van der Waals surface area contributed by atoms with Crippen molar-refractivity contribution in [2.24, 2.45) is 5.92 Å². The van der Waals surface area contributed by atoms with Crippen molar-refractivity contribution in [1.29, 1.82) is 0 Å². The molecule has 0 saturated heterocycles. The van der Waals surface area contributed by atoms with Crippen LogP contribution in [0.5, 0.6) is 0 Å². The van der Waals surface area contributed by atoms with Crippen molar-refractivity contribution in [3.63, 3.8) is 0 Å². The van der Waals surface area contributed by atoms with Gasteiger partial charge >= 0.3 is 5.97 Å². The third-order valence-electron chi connectivity index (χ3n) is 2.62. The summed E-state index contributed by atoms with van der Waals surface area (Å²) in [6.07, 6.45) is 0.570. The van der Waals surface area contributed by atoms with E-state index in [-0.39, 0.29) is 18.2 Å². The van der Waals surface area contributed by atoms with Crippen molar-refractivity contribution < 1.29 is 14.7 Å². The summed E-state index contributed by atoms with van der Waals surface area (Å²) in [6, 6.07) is 6.07. The number of rotatable bonds is 6. The number of hydrogen-bond acceptors (Lipinski definition) is 2. The van der Waals surface area contributed by atoms with Crippen LogP contribution in [0.15, 0.2) is 24.3 Å². The van der Waals surface area contributed by atoms with Crippen LogP contribution >= 0.6 is 11.6 Å². The Balaban J connectivity index is 2.57. The van der Waals surface area contributed by atoms with Gasteiger partial charge < -0.3 is 10.4 Å². The maximum absolute atomic E-state index is 11.8. The van der Waals surface area contributed by atoms with Crippen LogP contribution in [-0.4, -0.2) is 23.0 Å². The number of carboxylic acids is 1. The van der Waals surface area contributed by atoms with Crippen LogP contribution in [0.1, 0.15) is 25.8 Å². The summed E-state index contributed by atoms with van der Waals surface area (Å²) in [7, 11) is 0. The molecule has 0 aliphatic heterocycles. The lowest BCUT2D eigenvalue weighted by Gasteiger charge is -2.16. The van der Waals surface area contributed by atoms with E-state index in [9.17, 15) is 9.59 Å². The number of carbonyl (C=O) groups excluding carboxylic acids is 1. The maximum Gasteiger partial charge on any atom is 0.326 e. The summed E-state index contributed by atoms with van der Waals surface area (Å²) >= 11 is 5.75. The normalized spacial score (nSPS) is 12.2. The van der Waals surface area contributed by atoms with Gasteiger partial charge in [0.15, 0.2) is 0 Å². The molecule has 1 aromatic rings. The van der Waals surface area contributed by atoms with Crippen molar-refractivity contribution in [3.05, 3.63) is 34.9 Å². The first kappa shape index (κ1) is 15.5. The van der Waals surface area contributed by atoms with Crippen LogP contribution in [0.3, 0.4) is 0 Å². The molecule has 1 amide bonds. The lowest BCUT2D eigenvalue weighted by atomic mass is 10.0. The van der Waals surface area contributed by atoms with E-state index in [0.717, 1.165) is 5.56 Å². The van der Waals surface area contributed by atoms with Gasteiger partial charge in [0.05, 0.1) is 6.42 Å². The molecule has 0 fully saturated rings. The summed E-state index contributed by atoms with van der Waals surface area (Å²) in [5.74, 6) is -1.09. The smallest absolute Gasteiger partial charge is 0.326 e. The molecule has 0 saturated carbocycles. The lowest BCUT2D eigenvalue weighted by Crippen LogP contribution is -2.42. The highest BCUT2D eigenvalue weighted by Crippen LogP contribution is 2.10. The fourth-order valence-electron chi connectivity index (χ4n) is 1.73. The van der Waals surface area contributed by atoms with Gasteiger partial charge in [0, 0.05) is 5.02 Å².